The maximum absolute atomic E-state index is 12.5. The van der Waals surface area contributed by atoms with Gasteiger partial charge in [0.1, 0.15) is 5.60 Å². The van der Waals surface area contributed by atoms with Crippen LogP contribution in [0, 0.1) is 0 Å². The molecule has 0 aliphatic carbocycles. The number of carbonyl (C=O) groups excluding carboxylic acids is 1. The summed E-state index contributed by atoms with van der Waals surface area (Å²) in [6.45, 7) is 1.34. The van der Waals surface area contributed by atoms with Crippen molar-refractivity contribution in [1.82, 2.24) is 5.32 Å². The molecule has 0 unspecified atom stereocenters. The lowest BCUT2D eigenvalue weighted by molar-refractivity contribution is 0.0879. The van der Waals surface area contributed by atoms with Crippen LogP contribution in [0.2, 0.25) is 5.02 Å². The number of methoxy groups -OCH3 is 1. The number of aliphatic hydroxyl groups excluding tert-OH is 2. The fourth-order valence-corrected chi connectivity index (χ4v) is 3.55. The quantitative estimate of drug-likeness (QED) is 0.658. The molecule has 0 bridgehead atoms. The van der Waals surface area contributed by atoms with Crippen LogP contribution in [0.4, 0.5) is 0 Å². The summed E-state index contributed by atoms with van der Waals surface area (Å²) in [4.78, 5) is 12.5. The molecule has 3 N–H and O–H groups in total. The molecule has 0 radical (unpaired) electrons. The molecule has 3 rings (SSSR count). The van der Waals surface area contributed by atoms with Crippen molar-refractivity contribution < 1.29 is 24.5 Å². The van der Waals surface area contributed by atoms with Crippen LogP contribution in [0.15, 0.2) is 36.4 Å². The average molecular weight is 406 g/mol. The molecule has 1 heterocycles. The van der Waals surface area contributed by atoms with E-state index < -0.39 is 11.6 Å². The summed E-state index contributed by atoms with van der Waals surface area (Å²) in [6, 6.07) is 10.3. The first-order valence-corrected chi connectivity index (χ1v) is 9.42. The molecule has 1 atom stereocenters. The number of hydrogen-bond acceptors (Lipinski definition) is 5. The summed E-state index contributed by atoms with van der Waals surface area (Å²) in [5, 5.41) is 21.6. The van der Waals surface area contributed by atoms with Crippen LogP contribution < -0.4 is 14.8 Å². The SMILES string of the molecule is COc1cc(C(=O)NC(CO)CO)cc2c1O[C@@](C)(Cc1ccc(Cl)cc1)C2. The van der Waals surface area contributed by atoms with Gasteiger partial charge in [-0.25, -0.2) is 0 Å². The van der Waals surface area contributed by atoms with Crippen LogP contribution >= 0.6 is 11.6 Å². The van der Waals surface area contributed by atoms with Gasteiger partial charge in [0.05, 0.1) is 26.4 Å². The molecule has 1 amide bonds. The molecule has 1 aliphatic heterocycles. The van der Waals surface area contributed by atoms with Crippen molar-refractivity contribution in [3.63, 3.8) is 0 Å². The van der Waals surface area contributed by atoms with E-state index >= 15 is 0 Å². The number of aliphatic hydroxyl groups is 2. The normalized spacial score (nSPS) is 17.9. The second kappa shape index (κ2) is 8.39. The number of halogens is 1. The van der Waals surface area contributed by atoms with E-state index in [4.69, 9.17) is 21.1 Å². The van der Waals surface area contributed by atoms with E-state index in [1.54, 1.807) is 12.1 Å². The highest BCUT2D eigenvalue weighted by atomic mass is 35.5. The van der Waals surface area contributed by atoms with Gasteiger partial charge in [0.15, 0.2) is 11.5 Å². The number of ether oxygens (including phenoxy) is 2. The third kappa shape index (κ3) is 4.41. The second-order valence-electron chi connectivity index (χ2n) is 7.23. The highest BCUT2D eigenvalue weighted by Crippen LogP contribution is 2.44. The second-order valence-corrected chi connectivity index (χ2v) is 7.67. The van der Waals surface area contributed by atoms with Gasteiger partial charge in [-0.05, 0) is 36.8 Å². The monoisotopic (exact) mass is 405 g/mol. The first-order valence-electron chi connectivity index (χ1n) is 9.04. The molecule has 150 valence electrons. The van der Waals surface area contributed by atoms with Crippen molar-refractivity contribution in [2.24, 2.45) is 0 Å². The fraction of sp³-hybridized carbons (Fsp3) is 0.381. The maximum atomic E-state index is 12.5. The largest absolute Gasteiger partial charge is 0.493 e. The van der Waals surface area contributed by atoms with E-state index in [2.05, 4.69) is 5.32 Å². The Bertz CT molecular complexity index is 851. The van der Waals surface area contributed by atoms with E-state index in [0.717, 1.165) is 11.1 Å². The number of amides is 1. The van der Waals surface area contributed by atoms with E-state index in [9.17, 15) is 15.0 Å². The summed E-state index contributed by atoms with van der Waals surface area (Å²) in [5.41, 5.74) is 1.90. The van der Waals surface area contributed by atoms with Crippen LogP contribution in [0.1, 0.15) is 28.4 Å². The number of hydrogen-bond donors (Lipinski definition) is 3. The molecule has 0 spiro atoms. The number of nitrogens with one attached hydrogen (secondary N) is 1. The summed E-state index contributed by atoms with van der Waals surface area (Å²) in [5.74, 6) is 0.726. The zero-order valence-corrected chi connectivity index (χ0v) is 16.6. The molecule has 0 saturated carbocycles. The average Bonchev–Trinajstić information content (AvgIpc) is 3.02. The Hall–Kier alpha value is -2.28. The van der Waals surface area contributed by atoms with E-state index in [1.165, 1.54) is 7.11 Å². The van der Waals surface area contributed by atoms with Gasteiger partial charge < -0.3 is 25.0 Å². The molecule has 0 saturated heterocycles. The minimum atomic E-state index is -0.710. The first kappa shape index (κ1) is 20.5. The van der Waals surface area contributed by atoms with Gasteiger partial charge in [-0.3, -0.25) is 4.79 Å². The molecule has 2 aromatic carbocycles. The smallest absolute Gasteiger partial charge is 0.251 e. The van der Waals surface area contributed by atoms with Crippen molar-refractivity contribution in [1.29, 1.82) is 0 Å². The first-order chi connectivity index (χ1) is 13.4. The van der Waals surface area contributed by atoms with Crippen molar-refractivity contribution >= 4 is 17.5 Å². The highest BCUT2D eigenvalue weighted by Gasteiger charge is 2.37. The summed E-state index contributed by atoms with van der Waals surface area (Å²) < 4.78 is 11.7. The fourth-order valence-electron chi connectivity index (χ4n) is 3.43. The molecule has 6 nitrogen and oxygen atoms in total. The number of carbonyl (C=O) groups is 1. The lowest BCUT2D eigenvalue weighted by Crippen LogP contribution is -2.40. The third-order valence-electron chi connectivity index (χ3n) is 4.79. The van der Waals surface area contributed by atoms with Crippen LogP contribution in [0.5, 0.6) is 11.5 Å². The van der Waals surface area contributed by atoms with Crippen molar-refractivity contribution in [3.8, 4) is 11.5 Å². The lowest BCUT2D eigenvalue weighted by atomic mass is 9.91. The van der Waals surface area contributed by atoms with Gasteiger partial charge in [0.2, 0.25) is 0 Å². The van der Waals surface area contributed by atoms with Gasteiger partial charge in [0.25, 0.3) is 5.91 Å². The van der Waals surface area contributed by atoms with Crippen LogP contribution in [0.25, 0.3) is 0 Å². The minimum absolute atomic E-state index is 0.341. The Morgan fingerprint density at radius 2 is 1.96 bits per heavy atom. The van der Waals surface area contributed by atoms with Crippen molar-refractivity contribution in [2.75, 3.05) is 20.3 Å². The van der Waals surface area contributed by atoms with Crippen molar-refractivity contribution in [2.45, 2.75) is 31.4 Å². The minimum Gasteiger partial charge on any atom is -0.493 e. The van der Waals surface area contributed by atoms with E-state index in [0.29, 0.717) is 34.9 Å². The zero-order valence-electron chi connectivity index (χ0n) is 15.9. The molecule has 0 fully saturated rings. The maximum Gasteiger partial charge on any atom is 0.251 e. The molecular weight excluding hydrogens is 382 g/mol. The standard InChI is InChI=1S/C21H24ClNO5/c1-21(9-13-3-5-16(22)6-4-13)10-15-7-14(8-18(27-2)19(15)28-21)20(26)23-17(11-24)12-25/h3-8,17,24-25H,9-12H2,1-2H3,(H,23,26)/t21-/m0/s1. The molecule has 1 aliphatic rings. The van der Waals surface area contributed by atoms with Gasteiger partial charge >= 0.3 is 0 Å². The predicted octanol–water partition coefficient (Wildman–Crippen LogP) is 2.37. The van der Waals surface area contributed by atoms with Crippen LogP contribution in [-0.2, 0) is 12.8 Å². The summed E-state index contributed by atoms with van der Waals surface area (Å²) in [6.07, 6.45) is 1.30. The number of rotatable bonds is 7. The molecular formula is C21H24ClNO5. The molecule has 0 aromatic heterocycles. The Kier molecular flexibility index (Phi) is 6.13. The van der Waals surface area contributed by atoms with E-state index in [-0.39, 0.29) is 19.1 Å². The third-order valence-corrected chi connectivity index (χ3v) is 5.05. The number of benzene rings is 2. The lowest BCUT2D eigenvalue weighted by Gasteiger charge is -2.24. The molecule has 28 heavy (non-hydrogen) atoms. The Balaban J connectivity index is 1.83. The Labute approximate surface area is 169 Å². The predicted molar refractivity (Wildman–Crippen MR) is 106 cm³/mol. The highest BCUT2D eigenvalue weighted by molar-refractivity contribution is 6.30. The van der Waals surface area contributed by atoms with Crippen LogP contribution in [0.3, 0.4) is 0 Å². The van der Waals surface area contributed by atoms with Crippen LogP contribution in [-0.4, -0.2) is 48.1 Å². The van der Waals surface area contributed by atoms with Gasteiger partial charge in [-0.2, -0.15) is 0 Å². The number of fused-ring (bicyclic) bond motifs is 1. The Morgan fingerprint density at radius 1 is 1.29 bits per heavy atom. The van der Waals surface area contributed by atoms with Gasteiger partial charge in [-0.15, -0.1) is 0 Å². The Morgan fingerprint density at radius 3 is 2.57 bits per heavy atom. The topological polar surface area (TPSA) is 88.0 Å². The summed E-state index contributed by atoms with van der Waals surface area (Å²) >= 11 is 5.96. The van der Waals surface area contributed by atoms with Gasteiger partial charge in [-0.1, -0.05) is 23.7 Å². The van der Waals surface area contributed by atoms with Crippen molar-refractivity contribution in [3.05, 3.63) is 58.1 Å². The summed E-state index contributed by atoms with van der Waals surface area (Å²) in [7, 11) is 1.53. The molecule has 7 heteroatoms. The van der Waals surface area contributed by atoms with E-state index in [1.807, 2.05) is 31.2 Å². The van der Waals surface area contributed by atoms with Gasteiger partial charge in [0, 0.05) is 29.0 Å². The molecule has 2 aromatic rings. The zero-order chi connectivity index (χ0) is 20.3.